The average molecular weight is 350 g/mol. The summed E-state index contributed by atoms with van der Waals surface area (Å²) in [5, 5.41) is 10.9. The molecule has 0 saturated carbocycles. The first kappa shape index (κ1) is 21.1. The van der Waals surface area contributed by atoms with E-state index in [1.54, 1.807) is 0 Å². The normalized spacial score (nSPS) is 12.2. The summed E-state index contributed by atoms with van der Waals surface area (Å²) < 4.78 is 0. The van der Waals surface area contributed by atoms with Gasteiger partial charge in [-0.15, -0.1) is 11.8 Å². The lowest BCUT2D eigenvalue weighted by atomic mass is 10.0. The van der Waals surface area contributed by atoms with E-state index in [4.69, 9.17) is 0 Å². The summed E-state index contributed by atoms with van der Waals surface area (Å²) in [6, 6.07) is 9.75. The Balaban J connectivity index is 2.02. The molecule has 0 radical (unpaired) electrons. The molecule has 0 aromatic heterocycles. The molecule has 0 saturated heterocycles. The lowest BCUT2D eigenvalue weighted by Gasteiger charge is -2.17. The predicted octanol–water partition coefficient (Wildman–Crippen LogP) is 5.60. The molecule has 24 heavy (non-hydrogen) atoms. The van der Waals surface area contributed by atoms with Crippen LogP contribution >= 0.6 is 11.8 Å². The zero-order valence-electron chi connectivity index (χ0n) is 15.2. The highest BCUT2D eigenvalue weighted by molar-refractivity contribution is 8.00. The molecule has 0 aliphatic heterocycles. The topological polar surface area (TPSA) is 40.1 Å². The fraction of sp³-hybridized carbons (Fsp3) is 0.667. The van der Waals surface area contributed by atoms with E-state index >= 15 is 0 Å². The van der Waals surface area contributed by atoms with Crippen molar-refractivity contribution in [3.05, 3.63) is 30.3 Å². The van der Waals surface area contributed by atoms with Crippen molar-refractivity contribution in [2.45, 2.75) is 94.1 Å². The van der Waals surface area contributed by atoms with Gasteiger partial charge in [-0.05, 0) is 18.6 Å². The molecule has 0 aliphatic carbocycles. The van der Waals surface area contributed by atoms with E-state index < -0.39 is 11.2 Å². The van der Waals surface area contributed by atoms with Crippen molar-refractivity contribution in [3.8, 4) is 0 Å². The molecule has 0 heterocycles. The number of rotatable bonds is 15. The summed E-state index contributed by atoms with van der Waals surface area (Å²) >= 11 is 1.42. The second kappa shape index (κ2) is 14.4. The lowest BCUT2D eigenvalue weighted by molar-refractivity contribution is -0.304. The average Bonchev–Trinajstić information content (AvgIpc) is 2.59. The lowest BCUT2D eigenvalue weighted by Crippen LogP contribution is -2.33. The molecule has 1 atom stereocenters. The Morgan fingerprint density at radius 2 is 1.38 bits per heavy atom. The molecule has 0 amide bonds. The van der Waals surface area contributed by atoms with E-state index in [1.807, 2.05) is 30.3 Å². The van der Waals surface area contributed by atoms with Gasteiger partial charge in [0.15, 0.2) is 0 Å². The molecular formula is C21H33O2S-. The first-order valence-electron chi connectivity index (χ1n) is 9.66. The number of carbonyl (C=O) groups is 1. The van der Waals surface area contributed by atoms with Gasteiger partial charge in [-0.1, -0.05) is 95.8 Å². The summed E-state index contributed by atoms with van der Waals surface area (Å²) in [6.07, 6.45) is 14.9. The highest BCUT2D eigenvalue weighted by atomic mass is 32.2. The quantitative estimate of drug-likeness (QED) is 0.306. The smallest absolute Gasteiger partial charge is 0.0548 e. The number of carboxylic acids is 1. The van der Waals surface area contributed by atoms with Crippen molar-refractivity contribution in [2.75, 3.05) is 0 Å². The van der Waals surface area contributed by atoms with Crippen LogP contribution in [0.25, 0.3) is 0 Å². The van der Waals surface area contributed by atoms with Crippen LogP contribution < -0.4 is 5.11 Å². The SMILES string of the molecule is CCCCCCCCCCCCCC(Sc1ccccc1)C(=O)[O-]. The maximum Gasteiger partial charge on any atom is 0.0548 e. The third-order valence-corrected chi connectivity index (χ3v) is 5.61. The van der Waals surface area contributed by atoms with E-state index in [0.29, 0.717) is 6.42 Å². The van der Waals surface area contributed by atoms with Crippen molar-refractivity contribution in [2.24, 2.45) is 0 Å². The number of unbranched alkanes of at least 4 members (excludes halogenated alkanes) is 10. The third-order valence-electron chi connectivity index (χ3n) is 4.35. The third kappa shape index (κ3) is 10.7. The van der Waals surface area contributed by atoms with Crippen LogP contribution in [-0.4, -0.2) is 11.2 Å². The molecule has 1 unspecified atom stereocenters. The fourth-order valence-electron chi connectivity index (χ4n) is 2.88. The minimum Gasteiger partial charge on any atom is -0.549 e. The zero-order chi connectivity index (χ0) is 17.5. The van der Waals surface area contributed by atoms with Gasteiger partial charge in [0.1, 0.15) is 0 Å². The molecule has 2 nitrogen and oxygen atoms in total. The van der Waals surface area contributed by atoms with Crippen LogP contribution in [0.1, 0.15) is 84.0 Å². The maximum atomic E-state index is 11.3. The number of hydrogen-bond donors (Lipinski definition) is 0. The molecule has 1 aromatic rings. The molecule has 0 N–H and O–H groups in total. The predicted molar refractivity (Wildman–Crippen MR) is 102 cm³/mol. The molecule has 1 aromatic carbocycles. The van der Waals surface area contributed by atoms with Crippen LogP contribution in [0.2, 0.25) is 0 Å². The standard InChI is InChI=1S/C21H34O2S/c1-2-3-4-5-6-7-8-9-10-11-15-18-20(21(22)23)24-19-16-13-12-14-17-19/h12-14,16-17,20H,2-11,15,18H2,1H3,(H,22,23)/p-1. The zero-order valence-corrected chi connectivity index (χ0v) is 16.0. The summed E-state index contributed by atoms with van der Waals surface area (Å²) in [6.45, 7) is 2.25. The van der Waals surface area contributed by atoms with E-state index in [9.17, 15) is 9.90 Å². The van der Waals surface area contributed by atoms with Crippen molar-refractivity contribution in [1.82, 2.24) is 0 Å². The van der Waals surface area contributed by atoms with Gasteiger partial charge in [-0.3, -0.25) is 0 Å². The van der Waals surface area contributed by atoms with Gasteiger partial charge in [-0.25, -0.2) is 0 Å². The first-order valence-corrected chi connectivity index (χ1v) is 10.5. The van der Waals surface area contributed by atoms with Crippen molar-refractivity contribution >= 4 is 17.7 Å². The number of benzene rings is 1. The van der Waals surface area contributed by atoms with Gasteiger partial charge in [0, 0.05) is 10.1 Å². The summed E-state index contributed by atoms with van der Waals surface area (Å²) in [4.78, 5) is 12.3. The Morgan fingerprint density at radius 1 is 0.875 bits per heavy atom. The monoisotopic (exact) mass is 349 g/mol. The highest BCUT2D eigenvalue weighted by Crippen LogP contribution is 2.26. The fourth-order valence-corrected chi connectivity index (χ4v) is 3.91. The van der Waals surface area contributed by atoms with E-state index in [1.165, 1.54) is 69.5 Å². The van der Waals surface area contributed by atoms with E-state index in [0.717, 1.165) is 17.7 Å². The van der Waals surface area contributed by atoms with E-state index in [-0.39, 0.29) is 0 Å². The van der Waals surface area contributed by atoms with Gasteiger partial charge >= 0.3 is 0 Å². The van der Waals surface area contributed by atoms with E-state index in [2.05, 4.69) is 6.92 Å². The summed E-state index contributed by atoms with van der Waals surface area (Å²) in [5.74, 6) is -0.934. The molecule has 0 bridgehead atoms. The Morgan fingerprint density at radius 3 is 1.88 bits per heavy atom. The highest BCUT2D eigenvalue weighted by Gasteiger charge is 2.11. The first-order chi connectivity index (χ1) is 11.7. The second-order valence-corrected chi connectivity index (χ2v) is 7.84. The van der Waals surface area contributed by atoms with Crippen molar-refractivity contribution < 1.29 is 9.90 Å². The molecule has 0 fully saturated rings. The molecule has 0 aliphatic rings. The number of thioether (sulfide) groups is 1. The van der Waals surface area contributed by atoms with Crippen LogP contribution in [0.4, 0.5) is 0 Å². The molecule has 136 valence electrons. The van der Waals surface area contributed by atoms with Gasteiger partial charge in [-0.2, -0.15) is 0 Å². The van der Waals surface area contributed by atoms with Crippen molar-refractivity contribution in [1.29, 1.82) is 0 Å². The Bertz CT molecular complexity index is 419. The molecular weight excluding hydrogens is 316 g/mol. The Kier molecular flexibility index (Phi) is 12.6. The number of aliphatic carboxylic acids is 1. The summed E-state index contributed by atoms with van der Waals surface area (Å²) in [7, 11) is 0. The molecule has 0 spiro atoms. The largest absolute Gasteiger partial charge is 0.549 e. The Labute approximate surface area is 152 Å². The molecule has 1 rings (SSSR count). The van der Waals surface area contributed by atoms with Crippen LogP contribution in [0.15, 0.2) is 35.2 Å². The van der Waals surface area contributed by atoms with Gasteiger partial charge < -0.3 is 9.90 Å². The minimum absolute atomic E-state index is 0.425. The number of carbonyl (C=O) groups excluding carboxylic acids is 1. The van der Waals surface area contributed by atoms with Gasteiger partial charge in [0.05, 0.1) is 5.97 Å². The molecule has 3 heteroatoms. The van der Waals surface area contributed by atoms with Crippen LogP contribution in [-0.2, 0) is 4.79 Å². The van der Waals surface area contributed by atoms with Crippen LogP contribution in [0.5, 0.6) is 0 Å². The van der Waals surface area contributed by atoms with Crippen molar-refractivity contribution in [3.63, 3.8) is 0 Å². The van der Waals surface area contributed by atoms with Gasteiger partial charge in [0.2, 0.25) is 0 Å². The second-order valence-electron chi connectivity index (χ2n) is 6.56. The maximum absolute atomic E-state index is 11.3. The van der Waals surface area contributed by atoms with Crippen LogP contribution in [0, 0.1) is 0 Å². The summed E-state index contributed by atoms with van der Waals surface area (Å²) in [5.41, 5.74) is 0. The van der Waals surface area contributed by atoms with Gasteiger partial charge in [0.25, 0.3) is 0 Å². The number of hydrogen-bond acceptors (Lipinski definition) is 3. The minimum atomic E-state index is -0.934. The van der Waals surface area contributed by atoms with Crippen LogP contribution in [0.3, 0.4) is 0 Å². The number of carboxylic acid groups (broad SMARTS) is 1. The Hall–Kier alpha value is -0.960.